The van der Waals surface area contributed by atoms with E-state index in [1.807, 2.05) is 0 Å². The molecule has 0 aromatic rings. The zero-order chi connectivity index (χ0) is 7.90. The lowest BCUT2D eigenvalue weighted by Crippen LogP contribution is -2.47. The molecule has 1 aliphatic heterocycles. The summed E-state index contributed by atoms with van der Waals surface area (Å²) in [4.78, 5) is 0. The van der Waals surface area contributed by atoms with Crippen LogP contribution < -0.4 is 0 Å². The zero-order valence-electron chi connectivity index (χ0n) is 6.75. The van der Waals surface area contributed by atoms with Crippen LogP contribution in [0.4, 0.5) is 0 Å². The van der Waals surface area contributed by atoms with Gasteiger partial charge in [0, 0.05) is 26.4 Å². The Morgan fingerprint density at radius 1 is 1.55 bits per heavy atom. The van der Waals surface area contributed by atoms with Crippen LogP contribution in [0, 0.1) is 0 Å². The van der Waals surface area contributed by atoms with E-state index in [2.05, 4.69) is 0 Å². The standard InChI is InChI=1S/C8H14O3/c1-10-7-2-3-8(11-7)4-6(9)5-8/h6-7,9H,2-5H2,1H3/t6?,7-,8?/m1/s1. The van der Waals surface area contributed by atoms with Crippen molar-refractivity contribution in [3.8, 4) is 0 Å². The zero-order valence-corrected chi connectivity index (χ0v) is 6.75. The highest BCUT2D eigenvalue weighted by Gasteiger charge is 2.49. The van der Waals surface area contributed by atoms with E-state index in [-0.39, 0.29) is 18.0 Å². The van der Waals surface area contributed by atoms with Crippen LogP contribution in [0.1, 0.15) is 25.7 Å². The first-order chi connectivity index (χ1) is 5.24. The van der Waals surface area contributed by atoms with Crippen molar-refractivity contribution in [3.05, 3.63) is 0 Å². The summed E-state index contributed by atoms with van der Waals surface area (Å²) in [7, 11) is 1.67. The van der Waals surface area contributed by atoms with Gasteiger partial charge < -0.3 is 14.6 Å². The summed E-state index contributed by atoms with van der Waals surface area (Å²) >= 11 is 0. The monoisotopic (exact) mass is 158 g/mol. The fourth-order valence-corrected chi connectivity index (χ4v) is 2.04. The summed E-state index contributed by atoms with van der Waals surface area (Å²) in [6.07, 6.45) is 3.46. The quantitative estimate of drug-likeness (QED) is 0.609. The van der Waals surface area contributed by atoms with Gasteiger partial charge in [-0.05, 0) is 6.42 Å². The second-order valence-corrected chi connectivity index (χ2v) is 3.57. The molecule has 2 fully saturated rings. The van der Waals surface area contributed by atoms with Crippen molar-refractivity contribution in [2.24, 2.45) is 0 Å². The summed E-state index contributed by atoms with van der Waals surface area (Å²) in [6, 6.07) is 0. The van der Waals surface area contributed by atoms with Gasteiger partial charge in [0.1, 0.15) is 0 Å². The molecule has 64 valence electrons. The normalized spacial score (nSPS) is 49.6. The van der Waals surface area contributed by atoms with Gasteiger partial charge in [-0.3, -0.25) is 0 Å². The van der Waals surface area contributed by atoms with E-state index in [0.717, 1.165) is 25.7 Å². The number of rotatable bonds is 1. The van der Waals surface area contributed by atoms with Crippen LogP contribution in [0.5, 0.6) is 0 Å². The van der Waals surface area contributed by atoms with Crippen molar-refractivity contribution in [3.63, 3.8) is 0 Å². The van der Waals surface area contributed by atoms with Crippen molar-refractivity contribution in [1.29, 1.82) is 0 Å². The molecule has 0 bridgehead atoms. The van der Waals surface area contributed by atoms with E-state index in [9.17, 15) is 0 Å². The predicted octanol–water partition coefficient (Wildman–Crippen LogP) is 0.663. The summed E-state index contributed by atoms with van der Waals surface area (Å²) < 4.78 is 10.7. The Hall–Kier alpha value is -0.120. The maximum atomic E-state index is 9.11. The number of aliphatic hydroxyl groups excluding tert-OH is 1. The Kier molecular flexibility index (Phi) is 1.67. The first kappa shape index (κ1) is 7.53. The highest BCUT2D eigenvalue weighted by atomic mass is 16.7. The first-order valence-electron chi connectivity index (χ1n) is 4.13. The van der Waals surface area contributed by atoms with Gasteiger partial charge in [-0.1, -0.05) is 0 Å². The average Bonchev–Trinajstić information content (AvgIpc) is 2.31. The van der Waals surface area contributed by atoms with Crippen LogP contribution in [0.2, 0.25) is 0 Å². The van der Waals surface area contributed by atoms with Gasteiger partial charge >= 0.3 is 0 Å². The minimum atomic E-state index is -0.134. The summed E-state index contributed by atoms with van der Waals surface area (Å²) in [5.41, 5.74) is -0.0138. The Labute approximate surface area is 66.3 Å². The van der Waals surface area contributed by atoms with Crippen molar-refractivity contribution in [2.75, 3.05) is 7.11 Å². The molecule has 1 saturated carbocycles. The average molecular weight is 158 g/mol. The van der Waals surface area contributed by atoms with Crippen LogP contribution >= 0.6 is 0 Å². The highest BCUT2D eigenvalue weighted by molar-refractivity contribution is 4.99. The Bertz CT molecular complexity index is 151. The molecule has 1 aliphatic carbocycles. The molecule has 0 radical (unpaired) electrons. The maximum absolute atomic E-state index is 9.11. The van der Waals surface area contributed by atoms with Gasteiger partial charge in [0.05, 0.1) is 11.7 Å². The lowest BCUT2D eigenvalue weighted by Gasteiger charge is -2.41. The van der Waals surface area contributed by atoms with Gasteiger partial charge in [-0.2, -0.15) is 0 Å². The highest BCUT2D eigenvalue weighted by Crippen LogP contribution is 2.45. The van der Waals surface area contributed by atoms with Crippen LogP contribution in [0.3, 0.4) is 0 Å². The van der Waals surface area contributed by atoms with E-state index in [1.54, 1.807) is 7.11 Å². The van der Waals surface area contributed by atoms with E-state index < -0.39 is 0 Å². The van der Waals surface area contributed by atoms with Crippen LogP contribution in [0.15, 0.2) is 0 Å². The third-order valence-corrected chi connectivity index (χ3v) is 2.70. The molecule has 0 unspecified atom stereocenters. The second kappa shape index (κ2) is 2.44. The lowest BCUT2D eigenvalue weighted by molar-refractivity contribution is -0.205. The summed E-state index contributed by atoms with van der Waals surface area (Å²) in [6.45, 7) is 0. The molecule has 1 N–H and O–H groups in total. The molecule has 11 heavy (non-hydrogen) atoms. The Morgan fingerprint density at radius 2 is 2.27 bits per heavy atom. The molecular weight excluding hydrogens is 144 g/mol. The van der Waals surface area contributed by atoms with Crippen LogP contribution in [-0.2, 0) is 9.47 Å². The number of hydrogen-bond donors (Lipinski definition) is 1. The van der Waals surface area contributed by atoms with E-state index in [4.69, 9.17) is 14.6 Å². The molecule has 2 rings (SSSR count). The third-order valence-electron chi connectivity index (χ3n) is 2.70. The lowest BCUT2D eigenvalue weighted by atomic mass is 9.76. The second-order valence-electron chi connectivity index (χ2n) is 3.57. The molecule has 1 saturated heterocycles. The molecule has 1 atom stereocenters. The number of ether oxygens (including phenoxy) is 2. The first-order valence-corrected chi connectivity index (χ1v) is 4.13. The Balaban J connectivity index is 1.89. The molecule has 2 aliphatic rings. The molecule has 0 aromatic heterocycles. The topological polar surface area (TPSA) is 38.7 Å². The molecule has 1 spiro atoms. The van der Waals surface area contributed by atoms with Gasteiger partial charge in [-0.15, -0.1) is 0 Å². The van der Waals surface area contributed by atoms with Crippen molar-refractivity contribution >= 4 is 0 Å². The fourth-order valence-electron chi connectivity index (χ4n) is 2.04. The molecule has 0 amide bonds. The van der Waals surface area contributed by atoms with Crippen molar-refractivity contribution in [1.82, 2.24) is 0 Å². The van der Waals surface area contributed by atoms with Crippen molar-refractivity contribution < 1.29 is 14.6 Å². The molecule has 3 nitrogen and oxygen atoms in total. The van der Waals surface area contributed by atoms with Gasteiger partial charge in [-0.25, -0.2) is 0 Å². The van der Waals surface area contributed by atoms with Crippen LogP contribution in [0.25, 0.3) is 0 Å². The van der Waals surface area contributed by atoms with Gasteiger partial charge in [0.15, 0.2) is 6.29 Å². The summed E-state index contributed by atoms with van der Waals surface area (Å²) in [5, 5.41) is 9.11. The largest absolute Gasteiger partial charge is 0.393 e. The SMILES string of the molecule is CO[C@H]1CCC2(CC(O)C2)O1. The van der Waals surface area contributed by atoms with Crippen LogP contribution in [-0.4, -0.2) is 30.2 Å². The number of aliphatic hydroxyl groups is 1. The Morgan fingerprint density at radius 3 is 2.73 bits per heavy atom. The van der Waals surface area contributed by atoms with Gasteiger partial charge in [0.25, 0.3) is 0 Å². The predicted molar refractivity (Wildman–Crippen MR) is 39.1 cm³/mol. The van der Waals surface area contributed by atoms with E-state index in [1.165, 1.54) is 0 Å². The molecule has 3 heteroatoms. The maximum Gasteiger partial charge on any atom is 0.158 e. The molecule has 1 heterocycles. The van der Waals surface area contributed by atoms with E-state index >= 15 is 0 Å². The molecular formula is C8H14O3. The van der Waals surface area contributed by atoms with E-state index in [0.29, 0.717) is 0 Å². The minimum Gasteiger partial charge on any atom is -0.393 e. The fraction of sp³-hybridized carbons (Fsp3) is 1.00. The molecule has 0 aromatic carbocycles. The van der Waals surface area contributed by atoms with Crippen molar-refractivity contribution in [2.45, 2.75) is 43.7 Å². The number of methoxy groups -OCH3 is 1. The minimum absolute atomic E-state index is 0.0138. The smallest absolute Gasteiger partial charge is 0.158 e. The third kappa shape index (κ3) is 1.17. The number of hydrogen-bond acceptors (Lipinski definition) is 3. The summed E-state index contributed by atoms with van der Waals surface area (Å²) in [5.74, 6) is 0. The van der Waals surface area contributed by atoms with Gasteiger partial charge in [0.2, 0.25) is 0 Å².